The number of hydrogen-bond acceptors (Lipinski definition) is 4. The maximum Gasteiger partial charge on any atom is 0.321 e. The molecule has 0 radical (unpaired) electrons. The Balaban J connectivity index is 1.82. The summed E-state index contributed by atoms with van der Waals surface area (Å²) in [5, 5.41) is 3.03. The van der Waals surface area contributed by atoms with Crippen molar-refractivity contribution in [2.45, 2.75) is 109 Å². The molecular formula is C24H41N3O4. The minimum absolute atomic E-state index is 0.0322. The molecular weight excluding hydrogens is 394 g/mol. The number of nitrogens with one attached hydrogen (secondary N) is 1. The summed E-state index contributed by atoms with van der Waals surface area (Å²) < 4.78 is 5.43. The lowest BCUT2D eigenvalue weighted by Gasteiger charge is -2.42. The first kappa shape index (κ1) is 24.0. The number of rotatable bonds is 8. The highest BCUT2D eigenvalue weighted by molar-refractivity contribution is 6.38. The van der Waals surface area contributed by atoms with E-state index in [0.29, 0.717) is 32.7 Å². The molecule has 0 aromatic heterocycles. The molecule has 3 amide bonds. The van der Waals surface area contributed by atoms with Crippen LogP contribution in [0.5, 0.6) is 0 Å². The Bertz CT molecular complexity index is 620. The number of morpholine rings is 1. The number of ketones is 1. The molecule has 3 rings (SSSR count). The molecule has 7 nitrogen and oxygen atoms in total. The molecule has 0 aromatic rings. The highest BCUT2D eigenvalue weighted by atomic mass is 16.5. The van der Waals surface area contributed by atoms with Crippen LogP contribution in [-0.2, 0) is 14.3 Å². The maximum atomic E-state index is 13.6. The highest BCUT2D eigenvalue weighted by Crippen LogP contribution is 2.30. The summed E-state index contributed by atoms with van der Waals surface area (Å²) >= 11 is 0. The van der Waals surface area contributed by atoms with Gasteiger partial charge in [0.15, 0.2) is 0 Å². The van der Waals surface area contributed by atoms with Crippen molar-refractivity contribution in [2.24, 2.45) is 0 Å². The van der Waals surface area contributed by atoms with E-state index in [2.05, 4.69) is 12.2 Å². The van der Waals surface area contributed by atoms with Crippen molar-refractivity contribution >= 4 is 17.7 Å². The third-order valence-electron chi connectivity index (χ3n) is 7.29. The summed E-state index contributed by atoms with van der Waals surface area (Å²) in [6.45, 7) is 6.25. The fourth-order valence-electron chi connectivity index (χ4n) is 5.38. The van der Waals surface area contributed by atoms with Crippen molar-refractivity contribution in [3.8, 4) is 0 Å². The molecule has 0 bridgehead atoms. The van der Waals surface area contributed by atoms with Crippen LogP contribution in [0.4, 0.5) is 4.79 Å². The van der Waals surface area contributed by atoms with Crippen LogP contribution in [0.25, 0.3) is 0 Å². The van der Waals surface area contributed by atoms with Gasteiger partial charge in [-0.15, -0.1) is 0 Å². The summed E-state index contributed by atoms with van der Waals surface area (Å²) in [7, 11) is 0. The summed E-state index contributed by atoms with van der Waals surface area (Å²) in [6, 6.07) is -0.738. The minimum Gasteiger partial charge on any atom is -0.378 e. The smallest absolute Gasteiger partial charge is 0.321 e. The van der Waals surface area contributed by atoms with E-state index in [9.17, 15) is 14.4 Å². The first-order valence-electron chi connectivity index (χ1n) is 12.5. The van der Waals surface area contributed by atoms with Gasteiger partial charge in [0.2, 0.25) is 5.78 Å². The maximum absolute atomic E-state index is 13.6. The van der Waals surface area contributed by atoms with E-state index in [1.807, 2.05) is 6.92 Å². The van der Waals surface area contributed by atoms with Crippen molar-refractivity contribution in [3.63, 3.8) is 0 Å². The van der Waals surface area contributed by atoms with E-state index >= 15 is 0 Å². The van der Waals surface area contributed by atoms with Crippen LogP contribution >= 0.6 is 0 Å². The Labute approximate surface area is 187 Å². The molecule has 2 saturated carbocycles. The quantitative estimate of drug-likeness (QED) is 0.590. The van der Waals surface area contributed by atoms with Gasteiger partial charge in [-0.2, -0.15) is 0 Å². The molecule has 1 atom stereocenters. The average molecular weight is 436 g/mol. The average Bonchev–Trinajstić information content (AvgIpc) is 3.22. The van der Waals surface area contributed by atoms with Gasteiger partial charge in [0.1, 0.15) is 6.04 Å². The fourth-order valence-corrected chi connectivity index (χ4v) is 5.38. The zero-order valence-corrected chi connectivity index (χ0v) is 19.5. The van der Waals surface area contributed by atoms with Gasteiger partial charge >= 0.3 is 6.03 Å². The summed E-state index contributed by atoms with van der Waals surface area (Å²) in [4.78, 5) is 43.8. The van der Waals surface area contributed by atoms with E-state index in [-0.39, 0.29) is 17.6 Å². The van der Waals surface area contributed by atoms with Crippen LogP contribution < -0.4 is 5.32 Å². The normalized spacial score (nSPS) is 22.7. The van der Waals surface area contributed by atoms with E-state index in [4.69, 9.17) is 4.74 Å². The molecule has 1 heterocycles. The number of hydrogen-bond donors (Lipinski definition) is 1. The van der Waals surface area contributed by atoms with Gasteiger partial charge in [0.25, 0.3) is 5.91 Å². The predicted molar refractivity (Wildman–Crippen MR) is 120 cm³/mol. The second-order valence-corrected chi connectivity index (χ2v) is 9.83. The lowest BCUT2D eigenvalue weighted by molar-refractivity contribution is -0.142. The van der Waals surface area contributed by atoms with Crippen molar-refractivity contribution in [2.75, 3.05) is 26.3 Å². The molecule has 0 spiro atoms. The lowest BCUT2D eigenvalue weighted by Crippen LogP contribution is -2.60. The van der Waals surface area contributed by atoms with Crippen LogP contribution in [0.15, 0.2) is 0 Å². The zero-order chi connectivity index (χ0) is 22.3. The van der Waals surface area contributed by atoms with Gasteiger partial charge in [-0.1, -0.05) is 51.9 Å². The number of unbranched alkanes of at least 4 members (excludes halogenated alkanes) is 1. The molecule has 1 N–H and O–H groups in total. The Morgan fingerprint density at radius 2 is 1.71 bits per heavy atom. The molecule has 3 fully saturated rings. The van der Waals surface area contributed by atoms with Gasteiger partial charge in [0, 0.05) is 24.7 Å². The number of carbonyl (C=O) groups is 3. The SMILES string of the molecule is CCCC[C@@H](C(=O)C(=O)NC1(C)CCCC1)N(C(=O)N1CCOCC1)C1CCCCC1. The Morgan fingerprint density at radius 1 is 1.06 bits per heavy atom. The minimum atomic E-state index is -0.677. The Hall–Kier alpha value is -1.63. The Kier molecular flexibility index (Phi) is 8.76. The lowest BCUT2D eigenvalue weighted by atomic mass is 9.91. The second kappa shape index (κ2) is 11.3. The molecule has 1 aliphatic heterocycles. The number of ether oxygens (including phenoxy) is 1. The van der Waals surface area contributed by atoms with Gasteiger partial charge in [-0.25, -0.2) is 4.79 Å². The van der Waals surface area contributed by atoms with Crippen LogP contribution in [0.3, 0.4) is 0 Å². The third-order valence-corrected chi connectivity index (χ3v) is 7.29. The summed E-state index contributed by atoms with van der Waals surface area (Å²) in [5.41, 5.74) is -0.300. The summed E-state index contributed by atoms with van der Waals surface area (Å²) in [6.07, 6.45) is 11.4. The molecule has 176 valence electrons. The standard InChI is InChI=1S/C24H41N3O4/c1-3-4-12-20(21(28)22(29)25-24(2)13-8-9-14-24)27(19-10-6-5-7-11-19)23(30)26-15-17-31-18-16-26/h19-20H,3-18H2,1-2H3,(H,25,29)/t20-/m0/s1. The van der Waals surface area contributed by atoms with Crippen LogP contribution in [0.2, 0.25) is 0 Å². The molecule has 1 saturated heterocycles. The molecule has 0 aromatic carbocycles. The van der Waals surface area contributed by atoms with Crippen molar-refractivity contribution in [1.82, 2.24) is 15.1 Å². The van der Waals surface area contributed by atoms with Crippen molar-refractivity contribution in [1.29, 1.82) is 0 Å². The zero-order valence-electron chi connectivity index (χ0n) is 19.5. The first-order valence-corrected chi connectivity index (χ1v) is 12.5. The number of nitrogens with zero attached hydrogens (tertiary/aromatic N) is 2. The van der Waals surface area contributed by atoms with Crippen LogP contribution in [0.1, 0.15) is 90.9 Å². The largest absolute Gasteiger partial charge is 0.378 e. The van der Waals surface area contributed by atoms with Crippen molar-refractivity contribution < 1.29 is 19.1 Å². The molecule has 7 heteroatoms. The number of amides is 3. The Morgan fingerprint density at radius 3 is 2.32 bits per heavy atom. The third kappa shape index (κ3) is 6.21. The van der Waals surface area contributed by atoms with Crippen molar-refractivity contribution in [3.05, 3.63) is 0 Å². The number of carbonyl (C=O) groups excluding carboxylic acids is 3. The first-order chi connectivity index (χ1) is 14.9. The van der Waals surface area contributed by atoms with Gasteiger partial charge < -0.3 is 19.9 Å². The van der Waals surface area contributed by atoms with Gasteiger partial charge in [-0.05, 0) is 39.0 Å². The van der Waals surface area contributed by atoms with Gasteiger partial charge in [0.05, 0.1) is 13.2 Å². The monoisotopic (exact) mass is 435 g/mol. The second-order valence-electron chi connectivity index (χ2n) is 9.83. The predicted octanol–water partition coefficient (Wildman–Crippen LogP) is 3.65. The molecule has 31 heavy (non-hydrogen) atoms. The van der Waals surface area contributed by atoms with Gasteiger partial charge in [-0.3, -0.25) is 9.59 Å². The molecule has 3 aliphatic rings. The van der Waals surface area contributed by atoms with E-state index < -0.39 is 17.7 Å². The summed E-state index contributed by atoms with van der Waals surface area (Å²) in [5.74, 6) is -0.949. The van der Waals surface area contributed by atoms with Crippen LogP contribution in [-0.4, -0.2) is 71.4 Å². The fraction of sp³-hybridized carbons (Fsp3) is 0.875. The van der Waals surface area contributed by atoms with E-state index in [0.717, 1.165) is 64.2 Å². The molecule has 0 unspecified atom stereocenters. The topological polar surface area (TPSA) is 79.0 Å². The van der Waals surface area contributed by atoms with E-state index in [1.54, 1.807) is 9.80 Å². The molecule has 2 aliphatic carbocycles. The number of urea groups is 1. The van der Waals surface area contributed by atoms with Crippen LogP contribution in [0, 0.1) is 0 Å². The number of Topliss-reactive ketones (excluding diaryl/α,β-unsaturated/α-hetero) is 1. The van der Waals surface area contributed by atoms with E-state index in [1.165, 1.54) is 6.42 Å². The highest BCUT2D eigenvalue weighted by Gasteiger charge is 2.41.